The lowest BCUT2D eigenvalue weighted by Gasteiger charge is -2.28. The van der Waals surface area contributed by atoms with Gasteiger partial charge in [0.05, 0.1) is 29.4 Å². The molecular formula is C24H21FN2O3. The number of aromatic nitrogens is 1. The molecule has 1 aromatic carbocycles. The maximum atomic E-state index is 13.5. The first kappa shape index (κ1) is 19.0. The van der Waals surface area contributed by atoms with Gasteiger partial charge in [0.25, 0.3) is 6.04 Å². The molecule has 1 N–H and O–H groups in total. The number of carbonyl (C=O) groups excluding carboxylic acids is 1. The number of aliphatic hydroxyl groups excluding tert-OH is 1. The lowest BCUT2D eigenvalue weighted by atomic mass is 9.70. The summed E-state index contributed by atoms with van der Waals surface area (Å²) in [7, 11) is 0. The fraction of sp³-hybridized carbons (Fsp3) is 0.375. The van der Waals surface area contributed by atoms with Crippen LogP contribution in [0.2, 0.25) is 0 Å². The molecule has 0 radical (unpaired) electrons. The molecule has 2 saturated heterocycles. The van der Waals surface area contributed by atoms with Gasteiger partial charge in [0.2, 0.25) is 5.95 Å². The highest BCUT2D eigenvalue weighted by Crippen LogP contribution is 2.59. The van der Waals surface area contributed by atoms with E-state index >= 15 is 0 Å². The molecule has 2 aliphatic heterocycles. The molecular weight excluding hydrogens is 383 g/mol. The van der Waals surface area contributed by atoms with Gasteiger partial charge >= 0.3 is 0 Å². The van der Waals surface area contributed by atoms with Crippen molar-refractivity contribution >= 4 is 11.4 Å². The summed E-state index contributed by atoms with van der Waals surface area (Å²) in [4.78, 5) is 21.0. The summed E-state index contributed by atoms with van der Waals surface area (Å²) in [6.45, 7) is 13.6. The number of allylic oxidation sites excluding steroid dienone is 1. The number of hydrogen-bond donors (Lipinski definition) is 1. The van der Waals surface area contributed by atoms with Gasteiger partial charge < -0.3 is 14.7 Å². The monoisotopic (exact) mass is 404 g/mol. The minimum absolute atomic E-state index is 0.0519. The van der Waals surface area contributed by atoms with Crippen molar-refractivity contribution in [2.75, 3.05) is 0 Å². The average molecular weight is 404 g/mol. The van der Waals surface area contributed by atoms with Crippen LogP contribution >= 0.6 is 0 Å². The number of benzene rings is 1. The van der Waals surface area contributed by atoms with E-state index in [0.29, 0.717) is 11.1 Å². The van der Waals surface area contributed by atoms with Gasteiger partial charge in [-0.25, -0.2) is 11.6 Å². The van der Waals surface area contributed by atoms with E-state index in [9.17, 15) is 14.3 Å². The number of rotatable bonds is 2. The summed E-state index contributed by atoms with van der Waals surface area (Å²) < 4.78 is 19.4. The first-order valence-corrected chi connectivity index (χ1v) is 10.0. The second kappa shape index (κ2) is 6.48. The van der Waals surface area contributed by atoms with Gasteiger partial charge in [0.1, 0.15) is 11.9 Å². The Morgan fingerprint density at radius 3 is 2.40 bits per heavy atom. The number of aliphatic hydroxyl groups is 1. The van der Waals surface area contributed by atoms with E-state index in [1.165, 1.54) is 12.3 Å². The quantitative estimate of drug-likeness (QED) is 0.605. The number of Topliss-reactive ketones (excluding diaryl/α,β-unsaturated/α-hetero) is 1. The Kier molecular flexibility index (Phi) is 4.09. The van der Waals surface area contributed by atoms with Crippen LogP contribution in [-0.2, 0) is 9.53 Å². The lowest BCUT2D eigenvalue weighted by molar-refractivity contribution is -0.118. The predicted octanol–water partition coefficient (Wildman–Crippen LogP) is 4.08. The smallest absolute Gasteiger partial charge is 0.259 e. The van der Waals surface area contributed by atoms with Crippen molar-refractivity contribution in [3.8, 4) is 0 Å². The molecule has 6 atom stereocenters. The zero-order valence-electron chi connectivity index (χ0n) is 16.9. The third kappa shape index (κ3) is 2.42. The molecule has 0 unspecified atom stereocenters. The Balaban J connectivity index is 1.62. The number of ether oxygens (including phenoxy) is 1. The molecule has 1 aliphatic carbocycles. The summed E-state index contributed by atoms with van der Waals surface area (Å²) in [6.07, 6.45) is 0.314. The summed E-state index contributed by atoms with van der Waals surface area (Å²) in [5.41, 5.74) is 4.81. The number of carbonyl (C=O) groups is 1. The topological polar surface area (TPSA) is 63.8 Å². The zero-order chi connectivity index (χ0) is 21.3. The first-order valence-electron chi connectivity index (χ1n) is 10.0. The highest BCUT2D eigenvalue weighted by molar-refractivity contribution is 6.26. The number of fused-ring (bicyclic) bond motifs is 5. The molecule has 2 fully saturated rings. The van der Waals surface area contributed by atoms with Crippen LogP contribution < -0.4 is 0 Å². The molecule has 3 aliphatic rings. The third-order valence-corrected chi connectivity index (χ3v) is 6.80. The minimum Gasteiger partial charge on any atom is -0.511 e. The van der Waals surface area contributed by atoms with Crippen LogP contribution in [-0.4, -0.2) is 34.1 Å². The highest BCUT2D eigenvalue weighted by Gasteiger charge is 2.69. The van der Waals surface area contributed by atoms with E-state index in [2.05, 4.69) is 9.83 Å². The number of pyridine rings is 1. The molecule has 5 rings (SSSR count). The van der Waals surface area contributed by atoms with Gasteiger partial charge in [-0.3, -0.25) is 4.79 Å². The van der Waals surface area contributed by atoms with Crippen molar-refractivity contribution in [1.82, 2.24) is 4.98 Å². The van der Waals surface area contributed by atoms with Gasteiger partial charge in [0.15, 0.2) is 5.78 Å². The molecule has 3 heterocycles. The normalized spacial score (nSPS) is 31.9. The van der Waals surface area contributed by atoms with Crippen molar-refractivity contribution < 1.29 is 19.0 Å². The standard InChI is InChI=1S/C24H21FN2O3/c1-10-7-11(2)15(12(3)8-10)17-21(28)18-19(22(17)29)24-20(26-4)16(23(18)30-24)13-5-6-14(25)27-9-13/h5-9,16,18-20,23-24,28H,1-3H3/t16-,18-,19+,20+,23-,24-/m1/s1. The van der Waals surface area contributed by atoms with E-state index in [-0.39, 0.29) is 17.5 Å². The van der Waals surface area contributed by atoms with Crippen LogP contribution in [0.1, 0.15) is 33.7 Å². The van der Waals surface area contributed by atoms with E-state index in [1.54, 1.807) is 6.07 Å². The maximum Gasteiger partial charge on any atom is 0.259 e. The van der Waals surface area contributed by atoms with Crippen LogP contribution in [0.25, 0.3) is 10.4 Å². The predicted molar refractivity (Wildman–Crippen MR) is 108 cm³/mol. The second-order valence-electron chi connectivity index (χ2n) is 8.57. The number of aryl methyl sites for hydroxylation is 3. The summed E-state index contributed by atoms with van der Waals surface area (Å²) in [5.74, 6) is -2.11. The molecule has 0 amide bonds. The Hall–Kier alpha value is -3.04. The Labute approximate surface area is 174 Å². The van der Waals surface area contributed by atoms with Crippen molar-refractivity contribution in [2.45, 2.75) is 44.9 Å². The Bertz CT molecular complexity index is 1130. The van der Waals surface area contributed by atoms with Crippen LogP contribution in [0.15, 0.2) is 36.2 Å². The molecule has 5 nitrogen and oxygen atoms in total. The number of hydrogen-bond acceptors (Lipinski definition) is 4. The largest absolute Gasteiger partial charge is 0.511 e. The molecule has 2 aromatic rings. The molecule has 0 spiro atoms. The van der Waals surface area contributed by atoms with Gasteiger partial charge in [-0.05, 0) is 49.1 Å². The average Bonchev–Trinajstić information content (AvgIpc) is 3.33. The molecule has 1 aromatic heterocycles. The van der Waals surface area contributed by atoms with Crippen molar-refractivity contribution in [3.05, 3.63) is 81.4 Å². The first-order chi connectivity index (χ1) is 14.3. The van der Waals surface area contributed by atoms with Gasteiger partial charge in [-0.2, -0.15) is 4.39 Å². The summed E-state index contributed by atoms with van der Waals surface area (Å²) in [5, 5.41) is 11.2. The molecule has 152 valence electrons. The van der Waals surface area contributed by atoms with Crippen LogP contribution in [0.3, 0.4) is 0 Å². The maximum absolute atomic E-state index is 13.5. The fourth-order valence-corrected chi connectivity index (χ4v) is 5.81. The lowest BCUT2D eigenvalue weighted by Crippen LogP contribution is -2.41. The number of nitrogens with zero attached hydrogens (tertiary/aromatic N) is 2. The van der Waals surface area contributed by atoms with E-state index < -0.39 is 36.0 Å². The molecule has 0 saturated carbocycles. The van der Waals surface area contributed by atoms with Crippen molar-refractivity contribution in [2.24, 2.45) is 11.8 Å². The van der Waals surface area contributed by atoms with E-state index in [0.717, 1.165) is 22.3 Å². The second-order valence-corrected chi connectivity index (χ2v) is 8.57. The molecule has 6 heteroatoms. The fourth-order valence-electron chi connectivity index (χ4n) is 5.81. The highest BCUT2D eigenvalue weighted by atomic mass is 19.1. The van der Waals surface area contributed by atoms with Crippen molar-refractivity contribution in [1.29, 1.82) is 0 Å². The summed E-state index contributed by atoms with van der Waals surface area (Å²) >= 11 is 0. The van der Waals surface area contributed by atoms with E-state index in [4.69, 9.17) is 11.3 Å². The number of halogens is 1. The Morgan fingerprint density at radius 2 is 1.80 bits per heavy atom. The summed E-state index contributed by atoms with van der Waals surface area (Å²) in [6, 6.07) is 6.31. The SMILES string of the molecule is [C-]#[N+][C@@H]1[C@@H]2O[C@@H]([C@H]3C(O)=C(c4c(C)cc(C)cc4C)C(=O)[C@@H]23)[C@@H]1c1ccc(F)nc1. The van der Waals surface area contributed by atoms with Gasteiger partial charge in [0, 0.05) is 6.20 Å². The van der Waals surface area contributed by atoms with E-state index in [1.807, 2.05) is 32.9 Å². The number of ketones is 1. The van der Waals surface area contributed by atoms with Crippen LogP contribution in [0.4, 0.5) is 4.39 Å². The van der Waals surface area contributed by atoms with Crippen molar-refractivity contribution in [3.63, 3.8) is 0 Å². The third-order valence-electron chi connectivity index (χ3n) is 6.80. The van der Waals surface area contributed by atoms with Crippen LogP contribution in [0, 0.1) is 45.1 Å². The zero-order valence-corrected chi connectivity index (χ0v) is 16.9. The van der Waals surface area contributed by atoms with Crippen LogP contribution in [0.5, 0.6) is 0 Å². The van der Waals surface area contributed by atoms with Gasteiger partial charge in [-0.15, -0.1) is 0 Å². The van der Waals surface area contributed by atoms with Gasteiger partial charge in [-0.1, -0.05) is 23.8 Å². The Morgan fingerprint density at radius 1 is 1.10 bits per heavy atom. The molecule has 30 heavy (non-hydrogen) atoms. The molecule has 2 bridgehead atoms. The minimum atomic E-state index is -0.592.